The second-order valence-corrected chi connectivity index (χ2v) is 6.01. The van der Waals surface area contributed by atoms with Crippen LogP contribution < -0.4 is 5.32 Å². The number of Topliss-reactive ketones (excluding diaryl/α,β-unsaturated/α-hetero) is 1. The third kappa shape index (κ3) is 5.70. The fourth-order valence-corrected chi connectivity index (χ4v) is 2.61. The van der Waals surface area contributed by atoms with Crippen LogP contribution in [-0.4, -0.2) is 66.0 Å². The topological polar surface area (TPSA) is 86.8 Å². The minimum atomic E-state index is -0.285. The Kier molecular flexibility index (Phi) is 6.68. The summed E-state index contributed by atoms with van der Waals surface area (Å²) < 4.78 is 0. The average Bonchev–Trinajstić information content (AvgIpc) is 2.64. The Morgan fingerprint density at radius 3 is 2.00 bits per heavy atom. The van der Waals surface area contributed by atoms with E-state index < -0.39 is 0 Å². The van der Waals surface area contributed by atoms with E-state index in [-0.39, 0.29) is 42.9 Å². The predicted octanol–water partition coefficient (Wildman–Crippen LogP) is 0.456. The minimum absolute atomic E-state index is 0.00341. The summed E-state index contributed by atoms with van der Waals surface area (Å²) in [4.78, 5) is 50.3. The minimum Gasteiger partial charge on any atom is -0.343 e. The number of piperazine rings is 1. The van der Waals surface area contributed by atoms with Crippen molar-refractivity contribution in [1.29, 1.82) is 0 Å². The average molecular weight is 345 g/mol. The number of rotatable bonds is 6. The van der Waals surface area contributed by atoms with Crippen LogP contribution in [0.4, 0.5) is 0 Å². The largest absolute Gasteiger partial charge is 0.343 e. The van der Waals surface area contributed by atoms with Gasteiger partial charge in [0.1, 0.15) is 5.78 Å². The molecular formula is C18H23N3O4. The molecule has 0 atom stereocenters. The van der Waals surface area contributed by atoms with E-state index in [4.69, 9.17) is 0 Å². The van der Waals surface area contributed by atoms with Crippen molar-refractivity contribution >= 4 is 23.5 Å². The zero-order valence-electron chi connectivity index (χ0n) is 14.4. The van der Waals surface area contributed by atoms with E-state index in [0.717, 1.165) is 0 Å². The molecule has 1 heterocycles. The number of carbonyl (C=O) groups is 4. The summed E-state index contributed by atoms with van der Waals surface area (Å²) in [7, 11) is 0. The molecule has 1 aromatic carbocycles. The van der Waals surface area contributed by atoms with Crippen LogP contribution in [0.25, 0.3) is 0 Å². The molecule has 1 aliphatic heterocycles. The van der Waals surface area contributed by atoms with Gasteiger partial charge in [-0.25, -0.2) is 0 Å². The Labute approximate surface area is 147 Å². The highest BCUT2D eigenvalue weighted by atomic mass is 16.2. The Morgan fingerprint density at radius 2 is 1.44 bits per heavy atom. The monoisotopic (exact) mass is 345 g/mol. The number of hydrogen-bond acceptors (Lipinski definition) is 4. The molecule has 1 N–H and O–H groups in total. The number of carbonyl (C=O) groups excluding carboxylic acids is 4. The SMILES string of the molecule is CC(=O)CCC(=O)N1CCN(C(=O)CNC(=O)c2ccccc2)CC1. The molecular weight excluding hydrogens is 322 g/mol. The van der Waals surface area contributed by atoms with Gasteiger partial charge in [0.25, 0.3) is 5.91 Å². The van der Waals surface area contributed by atoms with E-state index in [2.05, 4.69) is 5.32 Å². The van der Waals surface area contributed by atoms with Gasteiger partial charge < -0.3 is 19.9 Å². The van der Waals surface area contributed by atoms with Crippen molar-refractivity contribution < 1.29 is 19.2 Å². The molecule has 0 radical (unpaired) electrons. The predicted molar refractivity (Wildman–Crippen MR) is 91.9 cm³/mol. The van der Waals surface area contributed by atoms with Crippen LogP contribution in [0.15, 0.2) is 30.3 Å². The highest BCUT2D eigenvalue weighted by Crippen LogP contribution is 2.06. The summed E-state index contributed by atoms with van der Waals surface area (Å²) in [6, 6.07) is 8.72. The molecule has 7 heteroatoms. The quantitative estimate of drug-likeness (QED) is 0.811. The molecule has 0 saturated carbocycles. The fourth-order valence-electron chi connectivity index (χ4n) is 2.61. The Bertz CT molecular complexity index is 637. The van der Waals surface area contributed by atoms with E-state index in [1.54, 1.807) is 34.1 Å². The summed E-state index contributed by atoms with van der Waals surface area (Å²) in [5.74, 6) is -0.511. The van der Waals surface area contributed by atoms with Crippen LogP contribution in [0.3, 0.4) is 0 Å². The Balaban J connectivity index is 1.73. The highest BCUT2D eigenvalue weighted by Gasteiger charge is 2.24. The summed E-state index contributed by atoms with van der Waals surface area (Å²) >= 11 is 0. The molecule has 0 unspecified atom stereocenters. The normalized spacial score (nSPS) is 14.1. The van der Waals surface area contributed by atoms with Gasteiger partial charge in [-0.05, 0) is 19.1 Å². The smallest absolute Gasteiger partial charge is 0.251 e. The first-order valence-corrected chi connectivity index (χ1v) is 8.35. The molecule has 1 aromatic rings. The number of hydrogen-bond donors (Lipinski definition) is 1. The summed E-state index contributed by atoms with van der Waals surface area (Å²) in [5.41, 5.74) is 0.510. The van der Waals surface area contributed by atoms with Gasteiger partial charge in [-0.2, -0.15) is 0 Å². The lowest BCUT2D eigenvalue weighted by molar-refractivity contribution is -0.139. The summed E-state index contributed by atoms with van der Waals surface area (Å²) in [5, 5.41) is 2.61. The van der Waals surface area contributed by atoms with Gasteiger partial charge in [0.05, 0.1) is 6.54 Å². The molecule has 3 amide bonds. The van der Waals surface area contributed by atoms with E-state index in [1.165, 1.54) is 6.92 Å². The first-order valence-electron chi connectivity index (χ1n) is 8.35. The summed E-state index contributed by atoms with van der Waals surface area (Å²) in [6.45, 7) is 3.18. The van der Waals surface area contributed by atoms with Gasteiger partial charge in [-0.1, -0.05) is 18.2 Å². The van der Waals surface area contributed by atoms with Crippen LogP contribution in [-0.2, 0) is 14.4 Å². The van der Waals surface area contributed by atoms with E-state index in [9.17, 15) is 19.2 Å². The molecule has 0 aliphatic carbocycles. The van der Waals surface area contributed by atoms with Crippen LogP contribution in [0, 0.1) is 0 Å². The standard InChI is InChI=1S/C18H23N3O4/c1-14(22)7-8-16(23)20-9-11-21(12-10-20)17(24)13-19-18(25)15-5-3-2-4-6-15/h2-6H,7-13H2,1H3,(H,19,25). The molecule has 1 fully saturated rings. The summed E-state index contributed by atoms with van der Waals surface area (Å²) in [6.07, 6.45) is 0.472. The molecule has 1 saturated heterocycles. The van der Waals surface area contributed by atoms with Crippen molar-refractivity contribution in [2.75, 3.05) is 32.7 Å². The molecule has 0 spiro atoms. The van der Waals surface area contributed by atoms with E-state index in [1.807, 2.05) is 6.07 Å². The van der Waals surface area contributed by atoms with Gasteiger partial charge >= 0.3 is 0 Å². The van der Waals surface area contributed by atoms with Crippen molar-refractivity contribution in [3.8, 4) is 0 Å². The lowest BCUT2D eigenvalue weighted by Gasteiger charge is -2.34. The second-order valence-electron chi connectivity index (χ2n) is 6.01. The third-order valence-electron chi connectivity index (χ3n) is 4.11. The molecule has 0 bridgehead atoms. The van der Waals surface area contributed by atoms with Crippen LogP contribution in [0.1, 0.15) is 30.1 Å². The number of benzene rings is 1. The highest BCUT2D eigenvalue weighted by molar-refractivity contribution is 5.96. The zero-order chi connectivity index (χ0) is 18.2. The second kappa shape index (κ2) is 8.96. The van der Waals surface area contributed by atoms with Crippen molar-refractivity contribution in [2.45, 2.75) is 19.8 Å². The van der Waals surface area contributed by atoms with Crippen LogP contribution in [0.2, 0.25) is 0 Å². The van der Waals surface area contributed by atoms with Gasteiger partial charge in [0.2, 0.25) is 11.8 Å². The van der Waals surface area contributed by atoms with Crippen LogP contribution in [0.5, 0.6) is 0 Å². The van der Waals surface area contributed by atoms with E-state index in [0.29, 0.717) is 31.7 Å². The van der Waals surface area contributed by atoms with Crippen LogP contribution >= 0.6 is 0 Å². The molecule has 7 nitrogen and oxygen atoms in total. The Hall–Kier alpha value is -2.70. The molecule has 25 heavy (non-hydrogen) atoms. The number of nitrogens with one attached hydrogen (secondary N) is 1. The Morgan fingerprint density at radius 1 is 0.880 bits per heavy atom. The molecule has 0 aromatic heterocycles. The first-order chi connectivity index (χ1) is 12.0. The van der Waals surface area contributed by atoms with Crippen molar-refractivity contribution in [3.63, 3.8) is 0 Å². The van der Waals surface area contributed by atoms with Gasteiger partial charge in [-0.3, -0.25) is 14.4 Å². The lowest BCUT2D eigenvalue weighted by Crippen LogP contribution is -2.52. The van der Waals surface area contributed by atoms with Crippen molar-refractivity contribution in [2.24, 2.45) is 0 Å². The molecule has 2 rings (SSSR count). The number of ketones is 1. The number of amides is 3. The van der Waals surface area contributed by atoms with Gasteiger partial charge in [0.15, 0.2) is 0 Å². The molecule has 1 aliphatic rings. The van der Waals surface area contributed by atoms with E-state index >= 15 is 0 Å². The maximum Gasteiger partial charge on any atom is 0.251 e. The fraction of sp³-hybridized carbons (Fsp3) is 0.444. The van der Waals surface area contributed by atoms with Gasteiger partial charge in [0, 0.05) is 44.6 Å². The molecule has 134 valence electrons. The van der Waals surface area contributed by atoms with Crippen molar-refractivity contribution in [1.82, 2.24) is 15.1 Å². The van der Waals surface area contributed by atoms with Crippen molar-refractivity contribution in [3.05, 3.63) is 35.9 Å². The first kappa shape index (κ1) is 18.6. The lowest BCUT2D eigenvalue weighted by atomic mass is 10.2. The number of nitrogens with zero attached hydrogens (tertiary/aromatic N) is 2. The zero-order valence-corrected chi connectivity index (χ0v) is 14.4. The maximum atomic E-state index is 12.2. The van der Waals surface area contributed by atoms with Gasteiger partial charge in [-0.15, -0.1) is 0 Å². The maximum absolute atomic E-state index is 12.2. The third-order valence-corrected chi connectivity index (χ3v) is 4.11.